The summed E-state index contributed by atoms with van der Waals surface area (Å²) < 4.78 is 5.29. The van der Waals surface area contributed by atoms with Gasteiger partial charge in [0.2, 0.25) is 0 Å². The highest BCUT2D eigenvalue weighted by Crippen LogP contribution is 2.34. The van der Waals surface area contributed by atoms with Crippen LogP contribution in [0.1, 0.15) is 11.6 Å². The van der Waals surface area contributed by atoms with Crippen LogP contribution in [0.2, 0.25) is 0 Å². The smallest absolute Gasteiger partial charge is 0.253 e. The van der Waals surface area contributed by atoms with E-state index in [0.29, 0.717) is 42.7 Å². The van der Waals surface area contributed by atoms with Crippen molar-refractivity contribution in [3.05, 3.63) is 57.6 Å². The lowest BCUT2D eigenvalue weighted by atomic mass is 9.99. The molecule has 0 aromatic heterocycles. The minimum Gasteiger partial charge on any atom is -0.378 e. The van der Waals surface area contributed by atoms with Gasteiger partial charge in [0, 0.05) is 25.7 Å². The Balaban J connectivity index is 1.91. The zero-order valence-electron chi connectivity index (χ0n) is 13.3. The Morgan fingerprint density at radius 1 is 1.33 bits per heavy atom. The number of hydrogen-bond acceptors (Lipinski definition) is 5. The molecule has 2 aliphatic heterocycles. The third kappa shape index (κ3) is 3.34. The van der Waals surface area contributed by atoms with Crippen molar-refractivity contribution in [1.82, 2.24) is 9.80 Å². The molecule has 1 saturated heterocycles. The molecule has 3 rings (SSSR count). The van der Waals surface area contributed by atoms with Crippen molar-refractivity contribution < 1.29 is 9.53 Å². The molecule has 0 saturated carbocycles. The molecule has 126 valence electrons. The Morgan fingerprint density at radius 3 is 2.79 bits per heavy atom. The van der Waals surface area contributed by atoms with E-state index in [2.05, 4.69) is 5.18 Å². The molecule has 1 amide bonds. The Morgan fingerprint density at radius 2 is 2.08 bits per heavy atom. The first-order valence-electron chi connectivity index (χ1n) is 7.72. The van der Waals surface area contributed by atoms with Gasteiger partial charge in [-0.25, -0.2) is 0 Å². The van der Waals surface area contributed by atoms with Crippen LogP contribution in [0.15, 0.2) is 52.3 Å². The first-order chi connectivity index (χ1) is 11.6. The van der Waals surface area contributed by atoms with Crippen molar-refractivity contribution in [2.24, 2.45) is 5.18 Å². The van der Waals surface area contributed by atoms with E-state index in [-0.39, 0.29) is 11.9 Å². The summed E-state index contributed by atoms with van der Waals surface area (Å²) in [6, 6.07) is 6.77. The zero-order chi connectivity index (χ0) is 17.1. The van der Waals surface area contributed by atoms with Crippen LogP contribution in [0.25, 0.3) is 0 Å². The molecule has 1 atom stereocenters. The second kappa shape index (κ2) is 7.15. The third-order valence-electron chi connectivity index (χ3n) is 4.23. The van der Waals surface area contributed by atoms with Gasteiger partial charge in [0.15, 0.2) is 0 Å². The number of halogens is 1. The van der Waals surface area contributed by atoms with E-state index in [1.54, 1.807) is 29.2 Å². The zero-order valence-corrected chi connectivity index (χ0v) is 14.1. The van der Waals surface area contributed by atoms with Crippen molar-refractivity contribution >= 4 is 23.2 Å². The maximum atomic E-state index is 12.7. The van der Waals surface area contributed by atoms with Crippen molar-refractivity contribution in [3.63, 3.8) is 0 Å². The summed E-state index contributed by atoms with van der Waals surface area (Å²) >= 11 is 6.33. The molecule has 0 spiro atoms. The van der Waals surface area contributed by atoms with Gasteiger partial charge in [-0.15, -0.1) is 4.91 Å². The van der Waals surface area contributed by atoms with Crippen LogP contribution in [0.5, 0.6) is 0 Å². The highest BCUT2D eigenvalue weighted by molar-refractivity contribution is 6.29. The Kier molecular flexibility index (Phi) is 4.97. The summed E-state index contributed by atoms with van der Waals surface area (Å²) in [5, 5.41) is 3.45. The predicted molar refractivity (Wildman–Crippen MR) is 91.8 cm³/mol. The molecule has 1 unspecified atom stereocenters. The van der Waals surface area contributed by atoms with Crippen LogP contribution in [-0.2, 0) is 9.53 Å². The van der Waals surface area contributed by atoms with Gasteiger partial charge in [0.1, 0.15) is 10.8 Å². The first-order valence-corrected chi connectivity index (χ1v) is 8.10. The van der Waals surface area contributed by atoms with Gasteiger partial charge in [-0.3, -0.25) is 4.79 Å². The number of likely N-dealkylation sites (N-methyl/N-ethyl adjacent to an activating group) is 1. The highest BCUT2D eigenvalue weighted by Gasteiger charge is 2.27. The molecular weight excluding hydrogens is 330 g/mol. The summed E-state index contributed by atoms with van der Waals surface area (Å²) in [5.74, 6) is -0.0563. The lowest BCUT2D eigenvalue weighted by Crippen LogP contribution is -2.42. The monoisotopic (exact) mass is 347 g/mol. The van der Waals surface area contributed by atoms with Crippen molar-refractivity contribution in [2.45, 2.75) is 6.04 Å². The standard InChI is InChI=1S/C17H18ClN3O3/c1-20-15(12-3-2-4-14(9-12)19-23)10-13(11-16(20)18)17(22)21-5-7-24-8-6-21/h2-4,9-11,15H,5-8H2,1H3. The van der Waals surface area contributed by atoms with Gasteiger partial charge in [-0.1, -0.05) is 23.7 Å². The van der Waals surface area contributed by atoms with Crippen molar-refractivity contribution in [2.75, 3.05) is 33.4 Å². The normalized spacial score (nSPS) is 21.2. The van der Waals surface area contributed by atoms with Gasteiger partial charge in [-0.05, 0) is 35.0 Å². The summed E-state index contributed by atoms with van der Waals surface area (Å²) in [4.78, 5) is 27.1. The number of benzene rings is 1. The summed E-state index contributed by atoms with van der Waals surface area (Å²) in [5.41, 5.74) is 1.75. The van der Waals surface area contributed by atoms with Crippen LogP contribution in [0.4, 0.5) is 5.69 Å². The molecule has 2 aliphatic rings. The van der Waals surface area contributed by atoms with Crippen LogP contribution in [0, 0.1) is 4.91 Å². The van der Waals surface area contributed by atoms with Crippen LogP contribution >= 0.6 is 11.6 Å². The third-order valence-corrected chi connectivity index (χ3v) is 4.60. The maximum Gasteiger partial charge on any atom is 0.253 e. The van der Waals surface area contributed by atoms with E-state index in [9.17, 15) is 9.70 Å². The van der Waals surface area contributed by atoms with Crippen LogP contribution in [-0.4, -0.2) is 49.1 Å². The first kappa shape index (κ1) is 16.7. The Labute approximate surface area is 145 Å². The van der Waals surface area contributed by atoms with Crippen LogP contribution < -0.4 is 0 Å². The van der Waals surface area contributed by atoms with Crippen LogP contribution in [0.3, 0.4) is 0 Å². The molecule has 1 aromatic carbocycles. The summed E-state index contributed by atoms with van der Waals surface area (Å²) in [6.45, 7) is 2.25. The fourth-order valence-corrected chi connectivity index (χ4v) is 3.08. The van der Waals surface area contributed by atoms with E-state index < -0.39 is 0 Å². The number of amides is 1. The Bertz CT molecular complexity index is 711. The molecule has 0 bridgehead atoms. The molecule has 24 heavy (non-hydrogen) atoms. The van der Waals surface area contributed by atoms with E-state index in [1.165, 1.54) is 0 Å². The number of carbonyl (C=O) groups excluding carboxylic acids is 1. The lowest BCUT2D eigenvalue weighted by Gasteiger charge is -2.33. The number of morpholine rings is 1. The average Bonchev–Trinajstić information content (AvgIpc) is 2.64. The van der Waals surface area contributed by atoms with Gasteiger partial charge >= 0.3 is 0 Å². The molecule has 7 heteroatoms. The average molecular weight is 348 g/mol. The number of ether oxygens (including phenoxy) is 1. The second-order valence-corrected chi connectivity index (χ2v) is 6.12. The van der Waals surface area contributed by atoms with Crippen molar-refractivity contribution in [1.29, 1.82) is 0 Å². The highest BCUT2D eigenvalue weighted by atomic mass is 35.5. The minimum absolute atomic E-state index is 0.0563. The van der Waals surface area contributed by atoms with E-state index in [0.717, 1.165) is 5.56 Å². The van der Waals surface area contributed by atoms with E-state index in [1.807, 2.05) is 24.1 Å². The quantitative estimate of drug-likeness (QED) is 0.623. The number of nitrogens with zero attached hydrogens (tertiary/aromatic N) is 3. The maximum absolute atomic E-state index is 12.7. The van der Waals surface area contributed by atoms with Crippen molar-refractivity contribution in [3.8, 4) is 0 Å². The summed E-state index contributed by atoms with van der Waals surface area (Å²) in [6.07, 6.45) is 3.55. The van der Waals surface area contributed by atoms with Gasteiger partial charge < -0.3 is 14.5 Å². The van der Waals surface area contributed by atoms with Gasteiger partial charge in [0.25, 0.3) is 5.91 Å². The minimum atomic E-state index is -0.232. The Hall–Kier alpha value is -2.18. The molecule has 6 nitrogen and oxygen atoms in total. The fourth-order valence-electron chi connectivity index (χ4n) is 2.86. The van der Waals surface area contributed by atoms with Gasteiger partial charge in [0.05, 0.1) is 19.3 Å². The molecule has 0 aliphatic carbocycles. The summed E-state index contributed by atoms with van der Waals surface area (Å²) in [7, 11) is 1.84. The lowest BCUT2D eigenvalue weighted by molar-refractivity contribution is -0.130. The number of carbonyl (C=O) groups is 1. The molecule has 0 N–H and O–H groups in total. The number of nitroso groups, excluding NO2 is 1. The van der Waals surface area contributed by atoms with Gasteiger partial charge in [-0.2, -0.15) is 0 Å². The topological polar surface area (TPSA) is 62.2 Å². The molecule has 2 heterocycles. The SMILES string of the molecule is CN1C(Cl)=CC(C(=O)N2CCOCC2)=CC1c1cccc(N=O)c1. The van der Waals surface area contributed by atoms with E-state index in [4.69, 9.17) is 16.3 Å². The molecular formula is C17H18ClN3O3. The molecule has 1 fully saturated rings. The molecule has 0 radical (unpaired) electrons. The second-order valence-electron chi connectivity index (χ2n) is 5.74. The number of rotatable bonds is 3. The largest absolute Gasteiger partial charge is 0.378 e. The fraction of sp³-hybridized carbons (Fsp3) is 0.353. The van der Waals surface area contributed by atoms with E-state index >= 15 is 0 Å². The molecule has 1 aromatic rings. The predicted octanol–water partition coefficient (Wildman–Crippen LogP) is 2.94. The number of hydrogen-bond donors (Lipinski definition) is 0.